The Morgan fingerprint density at radius 1 is 1.24 bits per heavy atom. The number of rotatable bonds is 5. The molecule has 2 aromatic rings. The Kier molecular flexibility index (Phi) is 5.48. The molecule has 0 unspecified atom stereocenters. The monoisotopic (exact) mass is 416 g/mol. The molecule has 156 valence electrons. The SMILES string of the molecule is CC(C)CCN1Cc2c(C(=O)NC3CCCC3)ncn2-c2ccccc2S1(=O)=O. The number of fused-ring (bicyclic) bond motifs is 3. The van der Waals surface area contributed by atoms with Gasteiger partial charge in [-0.05, 0) is 37.3 Å². The minimum absolute atomic E-state index is 0.136. The highest BCUT2D eigenvalue weighted by Crippen LogP contribution is 2.31. The van der Waals surface area contributed by atoms with Gasteiger partial charge < -0.3 is 5.32 Å². The van der Waals surface area contributed by atoms with Crippen LogP contribution in [0.15, 0.2) is 35.5 Å². The average Bonchev–Trinajstić information content (AvgIpc) is 3.32. The Bertz CT molecular complexity index is 1010. The third-order valence-electron chi connectivity index (χ3n) is 5.80. The van der Waals surface area contributed by atoms with Crippen molar-refractivity contribution in [1.29, 1.82) is 0 Å². The maximum Gasteiger partial charge on any atom is 0.272 e. The van der Waals surface area contributed by atoms with Gasteiger partial charge in [0.2, 0.25) is 10.0 Å². The number of benzene rings is 1. The Labute approximate surface area is 172 Å². The summed E-state index contributed by atoms with van der Waals surface area (Å²) >= 11 is 0. The van der Waals surface area contributed by atoms with Crippen molar-refractivity contribution in [2.45, 2.75) is 63.4 Å². The first kappa shape index (κ1) is 20.1. The summed E-state index contributed by atoms with van der Waals surface area (Å²) in [7, 11) is -3.66. The molecule has 29 heavy (non-hydrogen) atoms. The van der Waals surface area contributed by atoms with E-state index < -0.39 is 10.0 Å². The van der Waals surface area contributed by atoms with Gasteiger partial charge in [0.25, 0.3) is 5.91 Å². The molecular weight excluding hydrogens is 388 g/mol. The van der Waals surface area contributed by atoms with Crippen LogP contribution < -0.4 is 5.32 Å². The van der Waals surface area contributed by atoms with E-state index in [4.69, 9.17) is 0 Å². The fourth-order valence-corrected chi connectivity index (χ4v) is 5.71. The zero-order chi connectivity index (χ0) is 20.6. The lowest BCUT2D eigenvalue weighted by atomic mass is 10.1. The van der Waals surface area contributed by atoms with Crippen molar-refractivity contribution >= 4 is 15.9 Å². The number of amides is 1. The second-order valence-electron chi connectivity index (χ2n) is 8.35. The van der Waals surface area contributed by atoms with E-state index in [9.17, 15) is 13.2 Å². The van der Waals surface area contributed by atoms with Crippen LogP contribution in [0.2, 0.25) is 0 Å². The molecule has 2 aliphatic rings. The fourth-order valence-electron chi connectivity index (χ4n) is 4.11. The number of carbonyl (C=O) groups excluding carboxylic acids is 1. The van der Waals surface area contributed by atoms with Crippen LogP contribution in [0.25, 0.3) is 5.69 Å². The van der Waals surface area contributed by atoms with Crippen molar-refractivity contribution in [3.8, 4) is 5.69 Å². The molecule has 1 saturated carbocycles. The highest BCUT2D eigenvalue weighted by molar-refractivity contribution is 7.89. The van der Waals surface area contributed by atoms with Gasteiger partial charge in [-0.25, -0.2) is 13.4 Å². The maximum absolute atomic E-state index is 13.4. The third kappa shape index (κ3) is 3.83. The van der Waals surface area contributed by atoms with Crippen molar-refractivity contribution < 1.29 is 13.2 Å². The molecule has 1 aromatic carbocycles. The summed E-state index contributed by atoms with van der Waals surface area (Å²) in [6, 6.07) is 7.11. The first-order chi connectivity index (χ1) is 13.9. The second-order valence-corrected chi connectivity index (χ2v) is 10.3. The minimum Gasteiger partial charge on any atom is -0.348 e. The van der Waals surface area contributed by atoms with Gasteiger partial charge in [0, 0.05) is 12.6 Å². The van der Waals surface area contributed by atoms with Crippen molar-refractivity contribution in [3.63, 3.8) is 0 Å². The summed E-state index contributed by atoms with van der Waals surface area (Å²) < 4.78 is 30.0. The van der Waals surface area contributed by atoms with Crippen LogP contribution in [0, 0.1) is 5.92 Å². The zero-order valence-corrected chi connectivity index (χ0v) is 17.8. The van der Waals surface area contributed by atoms with Crippen LogP contribution in [0.1, 0.15) is 62.1 Å². The number of hydrogen-bond donors (Lipinski definition) is 1. The first-order valence-electron chi connectivity index (χ1n) is 10.3. The van der Waals surface area contributed by atoms with Crippen LogP contribution in [-0.4, -0.2) is 40.8 Å². The van der Waals surface area contributed by atoms with Crippen LogP contribution in [0.3, 0.4) is 0 Å². The smallest absolute Gasteiger partial charge is 0.272 e. The van der Waals surface area contributed by atoms with E-state index in [-0.39, 0.29) is 23.4 Å². The Morgan fingerprint density at radius 3 is 2.69 bits per heavy atom. The van der Waals surface area contributed by atoms with Gasteiger partial charge in [0.1, 0.15) is 11.2 Å². The number of imidazole rings is 1. The van der Waals surface area contributed by atoms with Crippen LogP contribution >= 0.6 is 0 Å². The molecule has 1 aromatic heterocycles. The van der Waals surface area contributed by atoms with E-state index in [1.54, 1.807) is 35.2 Å². The largest absolute Gasteiger partial charge is 0.348 e. The van der Waals surface area contributed by atoms with Gasteiger partial charge in [-0.3, -0.25) is 9.36 Å². The summed E-state index contributed by atoms with van der Waals surface area (Å²) in [5.74, 6) is 0.157. The molecule has 0 radical (unpaired) electrons. The van der Waals surface area contributed by atoms with Gasteiger partial charge >= 0.3 is 0 Å². The van der Waals surface area contributed by atoms with Gasteiger partial charge in [-0.1, -0.05) is 38.8 Å². The first-order valence-corrected chi connectivity index (χ1v) is 11.8. The maximum atomic E-state index is 13.4. The number of carbonyl (C=O) groups is 1. The van der Waals surface area contributed by atoms with Crippen molar-refractivity contribution in [2.75, 3.05) is 6.54 Å². The van der Waals surface area contributed by atoms with Crippen LogP contribution in [-0.2, 0) is 16.6 Å². The van der Waals surface area contributed by atoms with E-state index in [0.717, 1.165) is 32.1 Å². The van der Waals surface area contributed by atoms with Gasteiger partial charge in [0.05, 0.1) is 17.9 Å². The molecule has 1 aliphatic carbocycles. The summed E-state index contributed by atoms with van der Waals surface area (Å²) in [6.07, 6.45) is 6.54. The van der Waals surface area contributed by atoms with Gasteiger partial charge in [-0.2, -0.15) is 4.31 Å². The summed E-state index contributed by atoms with van der Waals surface area (Å²) in [5.41, 5.74) is 1.48. The molecule has 2 heterocycles. The predicted octanol–water partition coefficient (Wildman–Crippen LogP) is 3.10. The molecule has 1 aliphatic heterocycles. The van der Waals surface area contributed by atoms with Crippen LogP contribution in [0.5, 0.6) is 0 Å². The summed E-state index contributed by atoms with van der Waals surface area (Å²) in [5, 5.41) is 3.08. The summed E-state index contributed by atoms with van der Waals surface area (Å²) in [6.45, 7) is 4.69. The number of para-hydroxylation sites is 1. The lowest BCUT2D eigenvalue weighted by Gasteiger charge is -2.21. The molecule has 0 bridgehead atoms. The second kappa shape index (κ2) is 7.91. The molecule has 4 rings (SSSR count). The molecule has 0 spiro atoms. The van der Waals surface area contributed by atoms with E-state index in [0.29, 0.717) is 29.5 Å². The Morgan fingerprint density at radius 2 is 1.97 bits per heavy atom. The number of sulfonamides is 1. The predicted molar refractivity (Wildman–Crippen MR) is 110 cm³/mol. The quantitative estimate of drug-likeness (QED) is 0.812. The minimum atomic E-state index is -3.66. The van der Waals surface area contributed by atoms with E-state index in [1.165, 1.54) is 4.31 Å². The molecule has 1 N–H and O–H groups in total. The van der Waals surface area contributed by atoms with Gasteiger partial charge in [-0.15, -0.1) is 0 Å². The number of nitrogens with one attached hydrogen (secondary N) is 1. The zero-order valence-electron chi connectivity index (χ0n) is 17.0. The number of hydrogen-bond acceptors (Lipinski definition) is 4. The van der Waals surface area contributed by atoms with Crippen molar-refractivity contribution in [1.82, 2.24) is 19.2 Å². The topological polar surface area (TPSA) is 84.3 Å². The summed E-state index contributed by atoms with van der Waals surface area (Å²) in [4.78, 5) is 17.6. The highest BCUT2D eigenvalue weighted by atomic mass is 32.2. The molecular formula is C21H28N4O3S. The average molecular weight is 417 g/mol. The van der Waals surface area contributed by atoms with Crippen molar-refractivity contribution in [2.24, 2.45) is 5.92 Å². The molecule has 0 saturated heterocycles. The fraction of sp³-hybridized carbons (Fsp3) is 0.524. The lowest BCUT2D eigenvalue weighted by molar-refractivity contribution is 0.0931. The van der Waals surface area contributed by atoms with Crippen molar-refractivity contribution in [3.05, 3.63) is 42.0 Å². The van der Waals surface area contributed by atoms with E-state index >= 15 is 0 Å². The lowest BCUT2D eigenvalue weighted by Crippen LogP contribution is -2.35. The third-order valence-corrected chi connectivity index (χ3v) is 7.69. The Balaban J connectivity index is 1.75. The molecule has 8 heteroatoms. The molecule has 0 atom stereocenters. The normalized spacial score (nSPS) is 19.0. The van der Waals surface area contributed by atoms with E-state index in [2.05, 4.69) is 24.1 Å². The molecule has 1 fully saturated rings. The standard InChI is InChI=1S/C21H28N4O3S/c1-15(2)11-12-24-13-18-20(21(26)23-16-7-3-4-8-16)22-14-25(18)17-9-5-6-10-19(17)29(24,27)28/h5-6,9-10,14-16H,3-4,7-8,11-13H2,1-2H3,(H,23,26). The van der Waals surface area contributed by atoms with Gasteiger partial charge in [0.15, 0.2) is 5.69 Å². The number of nitrogens with zero attached hydrogens (tertiary/aromatic N) is 3. The Hall–Kier alpha value is -2.19. The van der Waals surface area contributed by atoms with Crippen LogP contribution in [0.4, 0.5) is 0 Å². The van der Waals surface area contributed by atoms with E-state index in [1.807, 2.05) is 0 Å². The molecule has 1 amide bonds. The molecule has 7 nitrogen and oxygen atoms in total. The highest BCUT2D eigenvalue weighted by Gasteiger charge is 2.35. The number of aromatic nitrogens is 2.